The van der Waals surface area contributed by atoms with E-state index in [9.17, 15) is 0 Å². The van der Waals surface area contributed by atoms with Gasteiger partial charge in [0.1, 0.15) is 0 Å². The predicted molar refractivity (Wildman–Crippen MR) is 82.2 cm³/mol. The minimum absolute atomic E-state index is 0.703. The van der Waals surface area contributed by atoms with Crippen molar-refractivity contribution in [2.24, 2.45) is 0 Å². The highest BCUT2D eigenvalue weighted by molar-refractivity contribution is 5.50. The highest BCUT2D eigenvalue weighted by Crippen LogP contribution is 2.19. The molecule has 0 atom stereocenters. The second-order valence-corrected chi connectivity index (χ2v) is 5.07. The van der Waals surface area contributed by atoms with Gasteiger partial charge in [-0.3, -0.25) is 0 Å². The number of anilines is 2. The number of hydrogen-bond donors (Lipinski definition) is 0. The van der Waals surface area contributed by atoms with E-state index in [1.165, 1.54) is 5.69 Å². The summed E-state index contributed by atoms with van der Waals surface area (Å²) in [6, 6.07) is 13.9. The Balaban J connectivity index is 1.69. The Bertz CT molecular complexity index is 617. The van der Waals surface area contributed by atoms with Crippen LogP contribution < -0.4 is 9.80 Å². The molecule has 0 bridgehead atoms. The molecular formula is C16H17N5. The van der Waals surface area contributed by atoms with E-state index in [-0.39, 0.29) is 0 Å². The maximum Gasteiger partial charge on any atom is 0.151 e. The molecule has 0 aliphatic carbocycles. The Morgan fingerprint density at radius 1 is 0.952 bits per heavy atom. The SMILES string of the molecule is N#Cc1ccc(N2CCCN(c3cccnn3)CC2)cc1. The monoisotopic (exact) mass is 279 g/mol. The van der Waals surface area contributed by atoms with E-state index < -0.39 is 0 Å². The van der Waals surface area contributed by atoms with Gasteiger partial charge in [-0.2, -0.15) is 10.4 Å². The minimum Gasteiger partial charge on any atom is -0.370 e. The van der Waals surface area contributed by atoms with E-state index >= 15 is 0 Å². The van der Waals surface area contributed by atoms with Crippen LogP contribution in [0.25, 0.3) is 0 Å². The lowest BCUT2D eigenvalue weighted by Crippen LogP contribution is -2.31. The molecular weight excluding hydrogens is 262 g/mol. The van der Waals surface area contributed by atoms with Crippen LogP contribution in [0.1, 0.15) is 12.0 Å². The molecule has 1 aromatic heterocycles. The van der Waals surface area contributed by atoms with Gasteiger partial charge in [-0.1, -0.05) is 0 Å². The zero-order valence-corrected chi connectivity index (χ0v) is 11.8. The van der Waals surface area contributed by atoms with E-state index in [0.29, 0.717) is 5.56 Å². The Morgan fingerprint density at radius 3 is 2.43 bits per heavy atom. The Hall–Kier alpha value is -2.61. The van der Waals surface area contributed by atoms with Crippen LogP contribution in [0.4, 0.5) is 11.5 Å². The Labute approximate surface area is 124 Å². The average molecular weight is 279 g/mol. The minimum atomic E-state index is 0.703. The first-order valence-corrected chi connectivity index (χ1v) is 7.14. The van der Waals surface area contributed by atoms with Crippen molar-refractivity contribution < 1.29 is 0 Å². The summed E-state index contributed by atoms with van der Waals surface area (Å²) in [5, 5.41) is 17.0. The second kappa shape index (κ2) is 6.23. The van der Waals surface area contributed by atoms with Gasteiger partial charge in [0, 0.05) is 38.1 Å². The second-order valence-electron chi connectivity index (χ2n) is 5.07. The smallest absolute Gasteiger partial charge is 0.151 e. The Kier molecular flexibility index (Phi) is 3.97. The summed E-state index contributed by atoms with van der Waals surface area (Å²) >= 11 is 0. The molecule has 0 saturated carbocycles. The van der Waals surface area contributed by atoms with Crippen LogP contribution in [0, 0.1) is 11.3 Å². The third-order valence-corrected chi connectivity index (χ3v) is 3.74. The van der Waals surface area contributed by atoms with Crippen LogP contribution in [0.15, 0.2) is 42.6 Å². The maximum atomic E-state index is 8.86. The molecule has 2 aromatic rings. The summed E-state index contributed by atoms with van der Waals surface area (Å²) in [5.41, 5.74) is 1.88. The number of aromatic nitrogens is 2. The molecule has 1 aliphatic rings. The molecule has 1 aromatic carbocycles. The summed E-state index contributed by atoms with van der Waals surface area (Å²) in [6.45, 7) is 3.88. The molecule has 21 heavy (non-hydrogen) atoms. The van der Waals surface area contributed by atoms with Crippen molar-refractivity contribution in [1.82, 2.24) is 10.2 Å². The van der Waals surface area contributed by atoms with Crippen LogP contribution in [0.2, 0.25) is 0 Å². The molecule has 1 saturated heterocycles. The molecule has 1 fully saturated rings. The quantitative estimate of drug-likeness (QED) is 0.842. The first-order valence-electron chi connectivity index (χ1n) is 7.14. The van der Waals surface area contributed by atoms with Gasteiger partial charge in [0.05, 0.1) is 11.6 Å². The first-order chi connectivity index (χ1) is 10.4. The fraction of sp³-hybridized carbons (Fsp3) is 0.312. The lowest BCUT2D eigenvalue weighted by Gasteiger charge is -2.24. The zero-order chi connectivity index (χ0) is 14.5. The molecule has 0 amide bonds. The number of hydrogen-bond acceptors (Lipinski definition) is 5. The van der Waals surface area contributed by atoms with Crippen molar-refractivity contribution in [2.45, 2.75) is 6.42 Å². The zero-order valence-electron chi connectivity index (χ0n) is 11.8. The molecule has 0 unspecified atom stereocenters. The van der Waals surface area contributed by atoms with Gasteiger partial charge in [0.15, 0.2) is 5.82 Å². The van der Waals surface area contributed by atoms with E-state index in [2.05, 4.69) is 26.1 Å². The van der Waals surface area contributed by atoms with Gasteiger partial charge in [0.25, 0.3) is 0 Å². The Morgan fingerprint density at radius 2 is 1.71 bits per heavy atom. The lowest BCUT2D eigenvalue weighted by atomic mass is 10.2. The van der Waals surface area contributed by atoms with Crippen molar-refractivity contribution >= 4 is 11.5 Å². The topological polar surface area (TPSA) is 56.1 Å². The van der Waals surface area contributed by atoms with Gasteiger partial charge >= 0.3 is 0 Å². The number of nitrogens with zero attached hydrogens (tertiary/aromatic N) is 5. The van der Waals surface area contributed by atoms with Crippen molar-refractivity contribution in [1.29, 1.82) is 5.26 Å². The molecule has 5 nitrogen and oxygen atoms in total. The standard InChI is InChI=1S/C16H17N5/c17-13-14-4-6-15(7-5-14)20-9-2-10-21(12-11-20)16-3-1-8-18-19-16/h1,3-8H,2,9-12H2. The molecule has 5 heteroatoms. The predicted octanol–water partition coefficient (Wildman–Crippen LogP) is 2.06. The van der Waals surface area contributed by atoms with Crippen LogP contribution in [-0.4, -0.2) is 36.4 Å². The largest absolute Gasteiger partial charge is 0.370 e. The van der Waals surface area contributed by atoms with Gasteiger partial charge < -0.3 is 9.80 Å². The summed E-state index contributed by atoms with van der Waals surface area (Å²) in [6.07, 6.45) is 2.78. The molecule has 1 aliphatic heterocycles. The van der Waals surface area contributed by atoms with Crippen LogP contribution in [0.5, 0.6) is 0 Å². The van der Waals surface area contributed by atoms with Gasteiger partial charge in [-0.05, 0) is 42.8 Å². The van der Waals surface area contributed by atoms with Crippen molar-refractivity contribution in [3.8, 4) is 6.07 Å². The van der Waals surface area contributed by atoms with E-state index in [4.69, 9.17) is 5.26 Å². The van der Waals surface area contributed by atoms with Crippen molar-refractivity contribution in [2.75, 3.05) is 36.0 Å². The molecule has 2 heterocycles. The molecule has 0 spiro atoms. The van der Waals surface area contributed by atoms with Crippen molar-refractivity contribution in [3.63, 3.8) is 0 Å². The highest BCUT2D eigenvalue weighted by atomic mass is 15.3. The van der Waals surface area contributed by atoms with E-state index in [1.54, 1.807) is 6.20 Å². The third kappa shape index (κ3) is 3.11. The van der Waals surface area contributed by atoms with Gasteiger partial charge in [-0.15, -0.1) is 5.10 Å². The molecule has 0 N–H and O–H groups in total. The van der Waals surface area contributed by atoms with Gasteiger partial charge in [0.2, 0.25) is 0 Å². The number of rotatable bonds is 2. The normalized spacial score (nSPS) is 15.4. The lowest BCUT2D eigenvalue weighted by molar-refractivity contribution is 0.786. The van der Waals surface area contributed by atoms with Crippen LogP contribution in [-0.2, 0) is 0 Å². The van der Waals surface area contributed by atoms with E-state index in [0.717, 1.165) is 38.4 Å². The molecule has 0 radical (unpaired) electrons. The number of benzene rings is 1. The van der Waals surface area contributed by atoms with Crippen molar-refractivity contribution in [3.05, 3.63) is 48.2 Å². The fourth-order valence-electron chi connectivity index (χ4n) is 2.61. The summed E-state index contributed by atoms with van der Waals surface area (Å²) in [5.74, 6) is 0.944. The summed E-state index contributed by atoms with van der Waals surface area (Å²) in [4.78, 5) is 4.63. The average Bonchev–Trinajstić information content (AvgIpc) is 2.82. The first kappa shape index (κ1) is 13.4. The van der Waals surface area contributed by atoms with Crippen LogP contribution in [0.3, 0.4) is 0 Å². The van der Waals surface area contributed by atoms with Gasteiger partial charge in [-0.25, -0.2) is 0 Å². The molecule has 106 valence electrons. The molecule has 3 rings (SSSR count). The maximum absolute atomic E-state index is 8.86. The van der Waals surface area contributed by atoms with E-state index in [1.807, 2.05) is 36.4 Å². The summed E-state index contributed by atoms with van der Waals surface area (Å²) in [7, 11) is 0. The highest BCUT2D eigenvalue weighted by Gasteiger charge is 2.16. The van der Waals surface area contributed by atoms with Crippen LogP contribution >= 0.6 is 0 Å². The fourth-order valence-corrected chi connectivity index (χ4v) is 2.61. The number of nitriles is 1. The third-order valence-electron chi connectivity index (χ3n) is 3.74. The summed E-state index contributed by atoms with van der Waals surface area (Å²) < 4.78 is 0.